The minimum atomic E-state index is -0.353. The quantitative estimate of drug-likeness (QED) is 0.735. The molecule has 1 aliphatic rings. The maximum atomic E-state index is 11.6. The fraction of sp³-hybridized carbons (Fsp3) is 0.769. The van der Waals surface area contributed by atoms with Crippen molar-refractivity contribution in [2.75, 3.05) is 6.61 Å². The van der Waals surface area contributed by atoms with Crippen LogP contribution < -0.4 is 0 Å². The summed E-state index contributed by atoms with van der Waals surface area (Å²) in [6.07, 6.45) is 2.17. The second kappa shape index (κ2) is 4.89. The van der Waals surface area contributed by atoms with Crippen LogP contribution >= 0.6 is 0 Å². The second-order valence-electron chi connectivity index (χ2n) is 5.45. The molecule has 0 fully saturated rings. The summed E-state index contributed by atoms with van der Waals surface area (Å²) in [5.41, 5.74) is 0.645. The van der Waals surface area contributed by atoms with Gasteiger partial charge in [0, 0.05) is 6.42 Å². The van der Waals surface area contributed by atoms with Crippen molar-refractivity contribution in [3.8, 4) is 0 Å². The minimum absolute atomic E-state index is 0.165. The molecule has 0 radical (unpaired) electrons. The lowest BCUT2D eigenvalue weighted by Gasteiger charge is -2.34. The molecule has 0 heterocycles. The highest BCUT2D eigenvalue weighted by molar-refractivity contribution is 5.89. The Morgan fingerprint density at radius 2 is 2.12 bits per heavy atom. The molecule has 0 aromatic heterocycles. The van der Waals surface area contributed by atoms with E-state index in [2.05, 4.69) is 20.8 Å². The zero-order valence-corrected chi connectivity index (χ0v) is 10.7. The van der Waals surface area contributed by atoms with Gasteiger partial charge in [-0.05, 0) is 31.1 Å². The molecule has 0 aromatic carbocycles. The van der Waals surface area contributed by atoms with E-state index in [1.165, 1.54) is 0 Å². The van der Waals surface area contributed by atoms with Crippen LogP contribution in [0.5, 0.6) is 0 Å². The molecule has 0 saturated heterocycles. The monoisotopic (exact) mass is 226 g/mol. The first-order chi connectivity index (χ1) is 7.36. The molecule has 1 N–H and O–H groups in total. The van der Waals surface area contributed by atoms with Crippen LogP contribution in [0.15, 0.2) is 11.3 Å². The lowest BCUT2D eigenvalue weighted by Crippen LogP contribution is -2.27. The van der Waals surface area contributed by atoms with Gasteiger partial charge in [-0.2, -0.15) is 0 Å². The smallest absolute Gasteiger partial charge is 0.337 e. The van der Waals surface area contributed by atoms with Gasteiger partial charge in [0.1, 0.15) is 5.76 Å². The van der Waals surface area contributed by atoms with Gasteiger partial charge in [0.2, 0.25) is 0 Å². The maximum Gasteiger partial charge on any atom is 0.337 e. The number of hydrogen-bond donors (Lipinski definition) is 1. The molecule has 0 amide bonds. The Balaban J connectivity index is 2.79. The standard InChI is InChI=1S/C13H22O3/c1-5-16-12(15)10-8-9(13(2,3)4)6-7-11(10)14/h9,14H,5-8H2,1-4H3. The third-order valence-electron chi connectivity index (χ3n) is 3.28. The van der Waals surface area contributed by atoms with Crippen molar-refractivity contribution in [1.29, 1.82) is 0 Å². The Morgan fingerprint density at radius 3 is 2.62 bits per heavy atom. The van der Waals surface area contributed by atoms with E-state index in [0.29, 0.717) is 30.9 Å². The average molecular weight is 226 g/mol. The van der Waals surface area contributed by atoms with E-state index in [0.717, 1.165) is 6.42 Å². The summed E-state index contributed by atoms with van der Waals surface area (Å²) in [7, 11) is 0. The molecule has 92 valence electrons. The van der Waals surface area contributed by atoms with Gasteiger partial charge in [0.15, 0.2) is 0 Å². The Kier molecular flexibility index (Phi) is 4.00. The SMILES string of the molecule is CCOC(=O)C1=C(O)CCC(C(C)(C)C)C1. The van der Waals surface area contributed by atoms with Gasteiger partial charge >= 0.3 is 5.97 Å². The first-order valence-corrected chi connectivity index (χ1v) is 5.94. The third-order valence-corrected chi connectivity index (χ3v) is 3.28. The molecule has 1 unspecified atom stereocenters. The number of allylic oxidation sites excluding steroid dienone is 1. The summed E-state index contributed by atoms with van der Waals surface area (Å²) in [6, 6.07) is 0. The van der Waals surface area contributed by atoms with Gasteiger partial charge in [0.05, 0.1) is 12.2 Å². The van der Waals surface area contributed by atoms with Gasteiger partial charge < -0.3 is 9.84 Å². The summed E-state index contributed by atoms with van der Waals surface area (Å²) in [6.45, 7) is 8.64. The summed E-state index contributed by atoms with van der Waals surface area (Å²) in [5.74, 6) is 0.302. The fourth-order valence-corrected chi connectivity index (χ4v) is 2.09. The normalized spacial score (nSPS) is 22.1. The van der Waals surface area contributed by atoms with E-state index >= 15 is 0 Å². The maximum absolute atomic E-state index is 11.6. The van der Waals surface area contributed by atoms with Gasteiger partial charge in [-0.1, -0.05) is 20.8 Å². The van der Waals surface area contributed by atoms with E-state index in [4.69, 9.17) is 4.74 Å². The average Bonchev–Trinajstić information content (AvgIpc) is 2.16. The van der Waals surface area contributed by atoms with Crippen LogP contribution in [0, 0.1) is 11.3 Å². The van der Waals surface area contributed by atoms with Crippen LogP contribution in [-0.2, 0) is 9.53 Å². The van der Waals surface area contributed by atoms with Crippen molar-refractivity contribution in [3.05, 3.63) is 11.3 Å². The summed E-state index contributed by atoms with van der Waals surface area (Å²) >= 11 is 0. The van der Waals surface area contributed by atoms with E-state index < -0.39 is 0 Å². The Hall–Kier alpha value is -0.990. The summed E-state index contributed by atoms with van der Waals surface area (Å²) in [4.78, 5) is 11.6. The molecule has 0 saturated carbocycles. The molecule has 0 bridgehead atoms. The van der Waals surface area contributed by atoms with E-state index in [1.54, 1.807) is 6.92 Å². The zero-order valence-electron chi connectivity index (χ0n) is 10.7. The second-order valence-corrected chi connectivity index (χ2v) is 5.45. The lowest BCUT2D eigenvalue weighted by atomic mass is 9.72. The Bertz CT molecular complexity index is 297. The van der Waals surface area contributed by atoms with Crippen LogP contribution in [0.1, 0.15) is 47.0 Å². The summed E-state index contributed by atoms with van der Waals surface area (Å²) < 4.78 is 4.96. The van der Waals surface area contributed by atoms with Gasteiger partial charge in [-0.3, -0.25) is 0 Å². The number of aliphatic hydroxyl groups excluding tert-OH is 1. The molecule has 1 aliphatic carbocycles. The van der Waals surface area contributed by atoms with E-state index in [-0.39, 0.29) is 17.1 Å². The van der Waals surface area contributed by atoms with Crippen molar-refractivity contribution in [2.45, 2.75) is 47.0 Å². The highest BCUT2D eigenvalue weighted by Crippen LogP contribution is 2.39. The fourth-order valence-electron chi connectivity index (χ4n) is 2.09. The van der Waals surface area contributed by atoms with Gasteiger partial charge in [0.25, 0.3) is 0 Å². The highest BCUT2D eigenvalue weighted by atomic mass is 16.5. The number of hydrogen-bond acceptors (Lipinski definition) is 3. The van der Waals surface area contributed by atoms with E-state index in [1.807, 2.05) is 0 Å². The van der Waals surface area contributed by atoms with Crippen LogP contribution in [0.3, 0.4) is 0 Å². The highest BCUT2D eigenvalue weighted by Gasteiger charge is 2.32. The largest absolute Gasteiger partial charge is 0.512 e. The van der Waals surface area contributed by atoms with Crippen molar-refractivity contribution < 1.29 is 14.6 Å². The number of carbonyl (C=O) groups excluding carboxylic acids is 1. The Labute approximate surface area is 97.5 Å². The van der Waals surface area contributed by atoms with Gasteiger partial charge in [-0.15, -0.1) is 0 Å². The first-order valence-electron chi connectivity index (χ1n) is 5.94. The molecule has 1 atom stereocenters. The van der Waals surface area contributed by atoms with Crippen LogP contribution in [0.4, 0.5) is 0 Å². The number of ether oxygens (including phenoxy) is 1. The van der Waals surface area contributed by atoms with Crippen LogP contribution in [-0.4, -0.2) is 17.7 Å². The lowest BCUT2D eigenvalue weighted by molar-refractivity contribution is -0.139. The van der Waals surface area contributed by atoms with Gasteiger partial charge in [-0.25, -0.2) is 4.79 Å². The predicted molar refractivity (Wildman–Crippen MR) is 63.1 cm³/mol. The first kappa shape index (κ1) is 13.1. The Morgan fingerprint density at radius 1 is 1.50 bits per heavy atom. The van der Waals surface area contributed by atoms with Crippen molar-refractivity contribution in [3.63, 3.8) is 0 Å². The molecule has 0 aliphatic heterocycles. The predicted octanol–water partition coefficient (Wildman–Crippen LogP) is 3.21. The molecule has 3 nitrogen and oxygen atoms in total. The molecular formula is C13H22O3. The van der Waals surface area contributed by atoms with Crippen molar-refractivity contribution in [1.82, 2.24) is 0 Å². The zero-order chi connectivity index (χ0) is 12.3. The molecule has 0 aromatic rings. The number of aliphatic hydroxyl groups is 1. The topological polar surface area (TPSA) is 46.5 Å². The summed E-state index contributed by atoms with van der Waals surface area (Å²) in [5, 5.41) is 9.73. The molecule has 3 heteroatoms. The molecule has 1 rings (SSSR count). The van der Waals surface area contributed by atoms with Crippen molar-refractivity contribution in [2.24, 2.45) is 11.3 Å². The van der Waals surface area contributed by atoms with Crippen molar-refractivity contribution >= 4 is 5.97 Å². The van der Waals surface area contributed by atoms with Crippen LogP contribution in [0.2, 0.25) is 0 Å². The molecule has 16 heavy (non-hydrogen) atoms. The third kappa shape index (κ3) is 3.00. The molecule has 0 spiro atoms. The number of esters is 1. The number of rotatable bonds is 2. The minimum Gasteiger partial charge on any atom is -0.512 e. The van der Waals surface area contributed by atoms with Crippen LogP contribution in [0.25, 0.3) is 0 Å². The molecular weight excluding hydrogens is 204 g/mol. The number of carbonyl (C=O) groups is 1. The van der Waals surface area contributed by atoms with E-state index in [9.17, 15) is 9.90 Å².